The summed E-state index contributed by atoms with van der Waals surface area (Å²) < 4.78 is 15.4. The van der Waals surface area contributed by atoms with Gasteiger partial charge in [0.1, 0.15) is 0 Å². The Morgan fingerprint density at radius 2 is 2.26 bits per heavy atom. The van der Waals surface area contributed by atoms with Crippen LogP contribution in [-0.4, -0.2) is 32.5 Å². The number of hydrogen-bond acceptors (Lipinski definition) is 5. The van der Waals surface area contributed by atoms with E-state index in [1.54, 1.807) is 25.3 Å². The Morgan fingerprint density at radius 3 is 3.05 bits per heavy atom. The number of hydrogen-bond donors (Lipinski definition) is 2. The minimum atomic E-state index is -0.541. The molecule has 1 aliphatic heterocycles. The van der Waals surface area contributed by atoms with Crippen molar-refractivity contribution in [3.8, 4) is 11.5 Å². The van der Waals surface area contributed by atoms with Crippen molar-refractivity contribution in [2.45, 2.75) is 18.9 Å². The highest BCUT2D eigenvalue weighted by molar-refractivity contribution is 5.94. The van der Waals surface area contributed by atoms with E-state index in [2.05, 4.69) is 5.32 Å². The molecule has 6 heteroatoms. The van der Waals surface area contributed by atoms with Crippen molar-refractivity contribution in [3.05, 3.63) is 18.2 Å². The Morgan fingerprint density at radius 1 is 1.47 bits per heavy atom. The average molecular weight is 266 g/mol. The number of fused-ring (bicyclic) bond motifs is 1. The number of ether oxygens (including phenoxy) is 3. The van der Waals surface area contributed by atoms with Crippen LogP contribution in [0.4, 0.5) is 5.69 Å². The lowest BCUT2D eigenvalue weighted by Gasteiger charge is -2.12. The van der Waals surface area contributed by atoms with Gasteiger partial charge in [-0.1, -0.05) is 0 Å². The third-order valence-corrected chi connectivity index (χ3v) is 2.84. The van der Waals surface area contributed by atoms with Crippen molar-refractivity contribution in [3.63, 3.8) is 0 Å². The third kappa shape index (κ3) is 3.59. The lowest BCUT2D eigenvalue weighted by Crippen LogP contribution is -2.35. The number of methoxy groups -OCH3 is 1. The number of nitrogens with two attached hydrogens (primary N) is 1. The largest absolute Gasteiger partial charge is 0.454 e. The van der Waals surface area contributed by atoms with E-state index in [1.165, 1.54) is 0 Å². The maximum absolute atomic E-state index is 11.9. The van der Waals surface area contributed by atoms with E-state index in [1.807, 2.05) is 0 Å². The average Bonchev–Trinajstić information content (AvgIpc) is 2.86. The first kappa shape index (κ1) is 13.6. The monoisotopic (exact) mass is 266 g/mol. The quantitative estimate of drug-likeness (QED) is 0.754. The van der Waals surface area contributed by atoms with Crippen LogP contribution in [0.3, 0.4) is 0 Å². The molecular formula is C13H18N2O4. The molecule has 1 aliphatic rings. The smallest absolute Gasteiger partial charge is 0.241 e. The summed E-state index contributed by atoms with van der Waals surface area (Å²) in [6.07, 6.45) is 1.34. The molecule has 0 radical (unpaired) electrons. The molecule has 6 nitrogen and oxygen atoms in total. The van der Waals surface area contributed by atoms with Gasteiger partial charge in [-0.25, -0.2) is 0 Å². The van der Waals surface area contributed by atoms with Gasteiger partial charge in [0.05, 0.1) is 6.04 Å². The predicted molar refractivity (Wildman–Crippen MR) is 70.3 cm³/mol. The van der Waals surface area contributed by atoms with Crippen LogP contribution in [-0.2, 0) is 9.53 Å². The second kappa shape index (κ2) is 6.40. The first-order chi connectivity index (χ1) is 9.20. The molecule has 0 spiro atoms. The number of benzene rings is 1. The zero-order valence-electron chi connectivity index (χ0n) is 10.8. The van der Waals surface area contributed by atoms with E-state index in [0.717, 1.165) is 6.42 Å². The van der Waals surface area contributed by atoms with Crippen LogP contribution >= 0.6 is 0 Å². The van der Waals surface area contributed by atoms with E-state index in [0.29, 0.717) is 30.2 Å². The van der Waals surface area contributed by atoms with Crippen LogP contribution in [0.5, 0.6) is 11.5 Å². The van der Waals surface area contributed by atoms with Crippen molar-refractivity contribution in [2.24, 2.45) is 5.73 Å². The summed E-state index contributed by atoms with van der Waals surface area (Å²) in [6, 6.07) is 4.70. The normalized spacial score (nSPS) is 14.2. The van der Waals surface area contributed by atoms with E-state index in [-0.39, 0.29) is 12.7 Å². The van der Waals surface area contributed by atoms with Crippen LogP contribution in [0.25, 0.3) is 0 Å². The molecule has 0 aromatic heterocycles. The van der Waals surface area contributed by atoms with Gasteiger partial charge >= 0.3 is 0 Å². The number of rotatable bonds is 6. The lowest BCUT2D eigenvalue weighted by atomic mass is 10.1. The summed E-state index contributed by atoms with van der Waals surface area (Å²) in [7, 11) is 1.62. The maximum atomic E-state index is 11.9. The van der Waals surface area contributed by atoms with Crippen LogP contribution in [0.15, 0.2) is 18.2 Å². The van der Waals surface area contributed by atoms with E-state index in [4.69, 9.17) is 19.9 Å². The highest BCUT2D eigenvalue weighted by Gasteiger charge is 2.16. The van der Waals surface area contributed by atoms with Crippen LogP contribution in [0.1, 0.15) is 12.8 Å². The molecule has 0 aliphatic carbocycles. The van der Waals surface area contributed by atoms with E-state index < -0.39 is 6.04 Å². The van der Waals surface area contributed by atoms with Gasteiger partial charge in [-0.05, 0) is 25.0 Å². The van der Waals surface area contributed by atoms with Gasteiger partial charge in [0.25, 0.3) is 0 Å². The first-order valence-electron chi connectivity index (χ1n) is 6.15. The molecule has 0 saturated carbocycles. The van der Waals surface area contributed by atoms with E-state index in [9.17, 15) is 4.79 Å². The summed E-state index contributed by atoms with van der Waals surface area (Å²) in [4.78, 5) is 11.9. The fourth-order valence-corrected chi connectivity index (χ4v) is 1.79. The fourth-order valence-electron chi connectivity index (χ4n) is 1.79. The number of anilines is 1. The molecule has 1 heterocycles. The zero-order valence-corrected chi connectivity index (χ0v) is 10.8. The number of carbonyl (C=O) groups is 1. The topological polar surface area (TPSA) is 82.8 Å². The summed E-state index contributed by atoms with van der Waals surface area (Å²) >= 11 is 0. The predicted octanol–water partition coefficient (Wildman–Crippen LogP) is 1.11. The van der Waals surface area contributed by atoms with Crippen molar-refractivity contribution in [2.75, 3.05) is 25.8 Å². The SMILES string of the molecule is COCCCC(N)C(=O)Nc1ccc2c(c1)OCO2. The van der Waals surface area contributed by atoms with Crippen molar-refractivity contribution < 1.29 is 19.0 Å². The molecule has 2 rings (SSSR count). The second-order valence-electron chi connectivity index (χ2n) is 4.30. The van der Waals surface area contributed by atoms with Gasteiger partial charge in [0.15, 0.2) is 11.5 Å². The highest BCUT2D eigenvalue weighted by atomic mass is 16.7. The van der Waals surface area contributed by atoms with Crippen molar-refractivity contribution >= 4 is 11.6 Å². The Labute approximate surface area is 111 Å². The summed E-state index contributed by atoms with van der Waals surface area (Å²) in [5.74, 6) is 1.10. The van der Waals surface area contributed by atoms with E-state index >= 15 is 0 Å². The molecule has 19 heavy (non-hydrogen) atoms. The molecule has 1 atom stereocenters. The van der Waals surface area contributed by atoms with Gasteiger partial charge in [0, 0.05) is 25.5 Å². The third-order valence-electron chi connectivity index (χ3n) is 2.84. The lowest BCUT2D eigenvalue weighted by molar-refractivity contribution is -0.117. The molecule has 1 aromatic carbocycles. The standard InChI is InChI=1S/C13H18N2O4/c1-17-6-2-3-10(14)13(16)15-9-4-5-11-12(7-9)19-8-18-11/h4-5,7,10H,2-3,6,8,14H2,1H3,(H,15,16). The Kier molecular flexibility index (Phi) is 4.59. The molecule has 0 fully saturated rings. The van der Waals surface area contributed by atoms with Gasteiger partial charge in [0.2, 0.25) is 12.7 Å². The zero-order chi connectivity index (χ0) is 13.7. The van der Waals surface area contributed by atoms with Crippen LogP contribution in [0, 0.1) is 0 Å². The van der Waals surface area contributed by atoms with Gasteiger partial charge in [-0.15, -0.1) is 0 Å². The fraction of sp³-hybridized carbons (Fsp3) is 0.462. The summed E-state index contributed by atoms with van der Waals surface area (Å²) in [5, 5.41) is 2.76. The van der Waals surface area contributed by atoms with Gasteiger partial charge in [-0.2, -0.15) is 0 Å². The maximum Gasteiger partial charge on any atom is 0.241 e. The summed E-state index contributed by atoms with van der Waals surface area (Å²) in [6.45, 7) is 0.814. The number of nitrogens with one attached hydrogen (secondary N) is 1. The molecule has 1 unspecified atom stereocenters. The second-order valence-corrected chi connectivity index (χ2v) is 4.30. The van der Waals surface area contributed by atoms with Crippen molar-refractivity contribution in [1.82, 2.24) is 0 Å². The Hall–Kier alpha value is -1.79. The van der Waals surface area contributed by atoms with Crippen molar-refractivity contribution in [1.29, 1.82) is 0 Å². The first-order valence-corrected chi connectivity index (χ1v) is 6.15. The van der Waals surface area contributed by atoms with Gasteiger partial charge < -0.3 is 25.3 Å². The Bertz CT molecular complexity index is 450. The molecular weight excluding hydrogens is 248 g/mol. The highest BCUT2D eigenvalue weighted by Crippen LogP contribution is 2.34. The molecule has 0 bridgehead atoms. The molecule has 1 amide bonds. The minimum absolute atomic E-state index is 0.212. The number of amides is 1. The van der Waals surface area contributed by atoms with Gasteiger partial charge in [-0.3, -0.25) is 4.79 Å². The summed E-state index contributed by atoms with van der Waals surface area (Å²) in [5.41, 5.74) is 6.44. The number of carbonyl (C=O) groups excluding carboxylic acids is 1. The van der Waals surface area contributed by atoms with Crippen LogP contribution in [0.2, 0.25) is 0 Å². The Balaban J connectivity index is 1.88. The molecule has 3 N–H and O–H groups in total. The van der Waals surface area contributed by atoms with Crippen LogP contribution < -0.4 is 20.5 Å². The molecule has 1 aromatic rings. The minimum Gasteiger partial charge on any atom is -0.454 e. The molecule has 104 valence electrons. The molecule has 0 saturated heterocycles.